The van der Waals surface area contributed by atoms with E-state index in [1.54, 1.807) is 0 Å². The molecule has 1 rings (SSSR count). The minimum Gasteiger partial charge on any atom is -0.369 e. The Morgan fingerprint density at radius 2 is 2.50 bits per heavy atom. The van der Waals surface area contributed by atoms with E-state index in [2.05, 4.69) is 13.0 Å². The van der Waals surface area contributed by atoms with E-state index in [-0.39, 0.29) is 5.91 Å². The van der Waals surface area contributed by atoms with Crippen molar-refractivity contribution in [2.75, 3.05) is 0 Å². The summed E-state index contributed by atoms with van der Waals surface area (Å²) in [5.74, 6) is 0.148. The minimum absolute atomic E-state index is 0.248. The summed E-state index contributed by atoms with van der Waals surface area (Å²) in [6.07, 6.45) is 6.37. The van der Waals surface area contributed by atoms with Crippen LogP contribution in [-0.2, 0) is 4.79 Å². The smallest absolute Gasteiger partial charge is 0.221 e. The van der Waals surface area contributed by atoms with Gasteiger partial charge in [0, 0.05) is 6.42 Å². The molecule has 2 N–H and O–H groups in total. The monoisotopic (exact) mass is 137 g/mol. The Morgan fingerprint density at radius 3 is 2.90 bits per heavy atom. The SMILES string of the molecule is CC1C=CC=C1CC(N)=O. The standard InChI is InChI=1S/C8H11NO/c1-6-3-2-4-7(6)5-8(9)10/h2-4,6H,5H2,1H3,(H2,9,10). The maximum Gasteiger partial charge on any atom is 0.221 e. The second-order valence-electron chi connectivity index (χ2n) is 2.56. The molecule has 1 atom stereocenters. The van der Waals surface area contributed by atoms with Gasteiger partial charge in [-0.1, -0.05) is 30.7 Å². The average molecular weight is 137 g/mol. The first-order chi connectivity index (χ1) is 4.70. The zero-order valence-corrected chi connectivity index (χ0v) is 6.00. The van der Waals surface area contributed by atoms with Gasteiger partial charge in [-0.15, -0.1) is 0 Å². The first-order valence-corrected chi connectivity index (χ1v) is 3.35. The number of primary amides is 1. The van der Waals surface area contributed by atoms with E-state index in [1.165, 1.54) is 0 Å². The van der Waals surface area contributed by atoms with Gasteiger partial charge in [0.1, 0.15) is 0 Å². The Morgan fingerprint density at radius 1 is 1.80 bits per heavy atom. The summed E-state index contributed by atoms with van der Waals surface area (Å²) in [6.45, 7) is 2.05. The summed E-state index contributed by atoms with van der Waals surface area (Å²) in [5.41, 5.74) is 6.14. The van der Waals surface area contributed by atoms with Crippen molar-refractivity contribution in [2.45, 2.75) is 13.3 Å². The zero-order valence-electron chi connectivity index (χ0n) is 6.00. The van der Waals surface area contributed by atoms with E-state index < -0.39 is 0 Å². The molecule has 0 bridgehead atoms. The molecular weight excluding hydrogens is 126 g/mol. The van der Waals surface area contributed by atoms with Crippen LogP contribution in [0.25, 0.3) is 0 Å². The summed E-state index contributed by atoms with van der Waals surface area (Å²) < 4.78 is 0. The second kappa shape index (κ2) is 2.69. The molecule has 1 aliphatic carbocycles. The van der Waals surface area contributed by atoms with Gasteiger partial charge in [-0.3, -0.25) is 4.79 Å². The number of amides is 1. The first kappa shape index (κ1) is 7.06. The van der Waals surface area contributed by atoms with Crippen LogP contribution in [0.3, 0.4) is 0 Å². The van der Waals surface area contributed by atoms with Gasteiger partial charge in [0.15, 0.2) is 0 Å². The molecule has 0 radical (unpaired) electrons. The molecule has 0 spiro atoms. The lowest BCUT2D eigenvalue weighted by Gasteiger charge is -2.03. The fourth-order valence-electron chi connectivity index (χ4n) is 1.04. The summed E-state index contributed by atoms with van der Waals surface area (Å²) >= 11 is 0. The molecule has 54 valence electrons. The predicted octanol–water partition coefficient (Wildman–Crippen LogP) is 0.994. The van der Waals surface area contributed by atoms with Crippen molar-refractivity contribution < 1.29 is 4.79 Å². The van der Waals surface area contributed by atoms with Gasteiger partial charge >= 0.3 is 0 Å². The highest BCUT2D eigenvalue weighted by Gasteiger charge is 2.10. The third-order valence-corrected chi connectivity index (χ3v) is 1.67. The molecular formula is C8H11NO. The molecule has 10 heavy (non-hydrogen) atoms. The highest BCUT2D eigenvalue weighted by molar-refractivity contribution is 5.77. The van der Waals surface area contributed by atoms with Crippen molar-refractivity contribution in [3.05, 3.63) is 23.8 Å². The average Bonchev–Trinajstić information content (AvgIpc) is 2.15. The van der Waals surface area contributed by atoms with Crippen LogP contribution < -0.4 is 5.73 Å². The van der Waals surface area contributed by atoms with Crippen LogP contribution in [0, 0.1) is 5.92 Å². The van der Waals surface area contributed by atoms with E-state index in [0.29, 0.717) is 12.3 Å². The van der Waals surface area contributed by atoms with Crippen LogP contribution in [0.15, 0.2) is 23.8 Å². The molecule has 0 saturated carbocycles. The maximum absolute atomic E-state index is 10.5. The van der Waals surface area contributed by atoms with Crippen LogP contribution in [0.1, 0.15) is 13.3 Å². The summed E-state index contributed by atoms with van der Waals surface area (Å²) in [5, 5.41) is 0. The van der Waals surface area contributed by atoms with Crippen LogP contribution in [0.2, 0.25) is 0 Å². The number of carbonyl (C=O) groups excluding carboxylic acids is 1. The Balaban J connectivity index is 2.52. The van der Waals surface area contributed by atoms with E-state index in [9.17, 15) is 4.79 Å². The van der Waals surface area contributed by atoms with Gasteiger partial charge in [0.2, 0.25) is 5.91 Å². The Hall–Kier alpha value is -1.05. The molecule has 0 aromatic carbocycles. The maximum atomic E-state index is 10.5. The molecule has 0 saturated heterocycles. The van der Waals surface area contributed by atoms with Crippen LogP contribution >= 0.6 is 0 Å². The van der Waals surface area contributed by atoms with E-state index in [1.807, 2.05) is 12.2 Å². The largest absolute Gasteiger partial charge is 0.369 e. The van der Waals surface area contributed by atoms with E-state index in [0.717, 1.165) is 5.57 Å². The molecule has 2 heteroatoms. The van der Waals surface area contributed by atoms with Gasteiger partial charge in [-0.25, -0.2) is 0 Å². The molecule has 0 aromatic rings. The number of hydrogen-bond donors (Lipinski definition) is 1. The zero-order chi connectivity index (χ0) is 7.56. The topological polar surface area (TPSA) is 43.1 Å². The lowest BCUT2D eigenvalue weighted by molar-refractivity contribution is -0.117. The Kier molecular flexibility index (Phi) is 1.90. The third-order valence-electron chi connectivity index (χ3n) is 1.67. The molecule has 0 aliphatic heterocycles. The predicted molar refractivity (Wildman–Crippen MR) is 40.2 cm³/mol. The van der Waals surface area contributed by atoms with Crippen molar-refractivity contribution in [1.29, 1.82) is 0 Å². The number of carbonyl (C=O) groups is 1. The normalized spacial score (nSPS) is 22.9. The number of rotatable bonds is 2. The third kappa shape index (κ3) is 1.47. The summed E-state index contributed by atoms with van der Waals surface area (Å²) in [7, 11) is 0. The van der Waals surface area contributed by atoms with Crippen molar-refractivity contribution in [3.63, 3.8) is 0 Å². The summed E-state index contributed by atoms with van der Waals surface area (Å²) in [6, 6.07) is 0. The van der Waals surface area contributed by atoms with Crippen molar-refractivity contribution in [2.24, 2.45) is 11.7 Å². The molecule has 0 fully saturated rings. The fourth-order valence-corrected chi connectivity index (χ4v) is 1.04. The van der Waals surface area contributed by atoms with Crippen LogP contribution in [0.5, 0.6) is 0 Å². The molecule has 0 heterocycles. The van der Waals surface area contributed by atoms with Crippen LogP contribution in [0.4, 0.5) is 0 Å². The second-order valence-corrected chi connectivity index (χ2v) is 2.56. The van der Waals surface area contributed by atoms with Crippen LogP contribution in [-0.4, -0.2) is 5.91 Å². The molecule has 1 amide bonds. The van der Waals surface area contributed by atoms with Gasteiger partial charge in [0.25, 0.3) is 0 Å². The molecule has 0 aromatic heterocycles. The fraction of sp³-hybridized carbons (Fsp3) is 0.375. The Bertz CT molecular complexity index is 203. The minimum atomic E-state index is -0.248. The van der Waals surface area contributed by atoms with Crippen molar-refractivity contribution >= 4 is 5.91 Å². The number of nitrogens with two attached hydrogens (primary N) is 1. The van der Waals surface area contributed by atoms with Crippen molar-refractivity contribution in [1.82, 2.24) is 0 Å². The van der Waals surface area contributed by atoms with Gasteiger partial charge in [-0.05, 0) is 5.92 Å². The lowest BCUT2D eigenvalue weighted by Crippen LogP contribution is -2.12. The highest BCUT2D eigenvalue weighted by Crippen LogP contribution is 2.20. The quantitative estimate of drug-likeness (QED) is 0.606. The number of allylic oxidation sites excluding steroid dienone is 3. The first-order valence-electron chi connectivity index (χ1n) is 3.35. The van der Waals surface area contributed by atoms with E-state index in [4.69, 9.17) is 5.73 Å². The highest BCUT2D eigenvalue weighted by atomic mass is 16.1. The van der Waals surface area contributed by atoms with Gasteiger partial charge < -0.3 is 5.73 Å². The van der Waals surface area contributed by atoms with Crippen molar-refractivity contribution in [3.8, 4) is 0 Å². The Labute approximate surface area is 60.4 Å². The lowest BCUT2D eigenvalue weighted by atomic mass is 10.0. The van der Waals surface area contributed by atoms with E-state index >= 15 is 0 Å². The molecule has 2 nitrogen and oxygen atoms in total. The molecule has 1 unspecified atom stereocenters. The van der Waals surface area contributed by atoms with Gasteiger partial charge in [-0.2, -0.15) is 0 Å². The summed E-state index contributed by atoms with van der Waals surface area (Å²) in [4.78, 5) is 10.5. The molecule has 1 aliphatic rings. The number of hydrogen-bond acceptors (Lipinski definition) is 1. The van der Waals surface area contributed by atoms with Gasteiger partial charge in [0.05, 0.1) is 0 Å².